The zero-order valence-corrected chi connectivity index (χ0v) is 10.6. The lowest BCUT2D eigenvalue weighted by Crippen LogP contribution is -2.33. The summed E-state index contributed by atoms with van der Waals surface area (Å²) < 4.78 is 39.2. The minimum absolute atomic E-state index is 0.142. The molecule has 1 aliphatic carbocycles. The summed E-state index contributed by atoms with van der Waals surface area (Å²) in [6.45, 7) is 0.405. The van der Waals surface area contributed by atoms with Crippen LogP contribution in [-0.2, 0) is 6.54 Å². The first kappa shape index (κ1) is 14.3. The lowest BCUT2D eigenvalue weighted by Gasteiger charge is -2.28. The molecule has 1 aromatic rings. The van der Waals surface area contributed by atoms with Gasteiger partial charge in [0.2, 0.25) is 0 Å². The van der Waals surface area contributed by atoms with E-state index in [4.69, 9.17) is 5.11 Å². The lowest BCUT2D eigenvalue weighted by atomic mass is 9.86. The van der Waals surface area contributed by atoms with Crippen molar-refractivity contribution in [3.63, 3.8) is 0 Å². The first-order chi connectivity index (χ1) is 9.10. The summed E-state index contributed by atoms with van der Waals surface area (Å²) in [5.74, 6) is -2.56. The molecule has 19 heavy (non-hydrogen) atoms. The summed E-state index contributed by atoms with van der Waals surface area (Å²) in [7, 11) is 0. The number of rotatable bonds is 4. The van der Waals surface area contributed by atoms with Gasteiger partial charge in [0.1, 0.15) is 5.82 Å². The second-order valence-electron chi connectivity index (χ2n) is 5.14. The Morgan fingerprint density at radius 2 is 1.63 bits per heavy atom. The Labute approximate surface area is 110 Å². The minimum atomic E-state index is -1.16. The molecule has 106 valence electrons. The molecule has 0 aromatic heterocycles. The highest BCUT2D eigenvalue weighted by Crippen LogP contribution is 2.24. The zero-order valence-electron chi connectivity index (χ0n) is 10.6. The van der Waals surface area contributed by atoms with Crippen molar-refractivity contribution in [3.05, 3.63) is 35.1 Å². The molecule has 5 heteroatoms. The topological polar surface area (TPSA) is 32.3 Å². The lowest BCUT2D eigenvalue weighted by molar-refractivity contribution is 0.175. The maximum absolute atomic E-state index is 13.4. The van der Waals surface area contributed by atoms with Gasteiger partial charge in [0, 0.05) is 30.8 Å². The highest BCUT2D eigenvalue weighted by molar-refractivity contribution is 5.20. The van der Waals surface area contributed by atoms with Crippen LogP contribution < -0.4 is 5.32 Å². The van der Waals surface area contributed by atoms with Crippen molar-refractivity contribution in [2.45, 2.75) is 38.3 Å². The Balaban J connectivity index is 1.88. The molecule has 1 fully saturated rings. The Morgan fingerprint density at radius 1 is 1.00 bits per heavy atom. The molecule has 0 amide bonds. The van der Waals surface area contributed by atoms with Crippen LogP contribution in [0.25, 0.3) is 0 Å². The fourth-order valence-electron chi connectivity index (χ4n) is 2.50. The standard InChI is InChI=1S/C14H18F3NO/c15-12-6-14(17)13(16)5-10(12)7-18-11-3-1-9(8-19)2-4-11/h5-6,9,11,18-19H,1-4,7-8H2. The van der Waals surface area contributed by atoms with E-state index in [1.54, 1.807) is 0 Å². The predicted molar refractivity (Wildman–Crippen MR) is 66.0 cm³/mol. The third-order valence-electron chi connectivity index (χ3n) is 3.78. The minimum Gasteiger partial charge on any atom is -0.396 e. The van der Waals surface area contributed by atoms with Crippen LogP contribution in [0.2, 0.25) is 0 Å². The first-order valence-electron chi connectivity index (χ1n) is 6.57. The van der Waals surface area contributed by atoms with E-state index >= 15 is 0 Å². The van der Waals surface area contributed by atoms with Crippen LogP contribution in [0.5, 0.6) is 0 Å². The summed E-state index contributed by atoms with van der Waals surface area (Å²) in [6.07, 6.45) is 3.70. The quantitative estimate of drug-likeness (QED) is 0.827. The van der Waals surface area contributed by atoms with Gasteiger partial charge < -0.3 is 10.4 Å². The Morgan fingerprint density at radius 3 is 2.26 bits per heavy atom. The molecule has 2 nitrogen and oxygen atoms in total. The number of hydrogen-bond acceptors (Lipinski definition) is 2. The van der Waals surface area contributed by atoms with Crippen LogP contribution in [0.3, 0.4) is 0 Å². The number of hydrogen-bond donors (Lipinski definition) is 2. The zero-order chi connectivity index (χ0) is 13.8. The van der Waals surface area contributed by atoms with E-state index in [2.05, 4.69) is 5.32 Å². The average molecular weight is 273 g/mol. The van der Waals surface area contributed by atoms with E-state index in [0.717, 1.165) is 31.7 Å². The molecule has 0 aliphatic heterocycles. The van der Waals surface area contributed by atoms with Crippen molar-refractivity contribution < 1.29 is 18.3 Å². The SMILES string of the molecule is OCC1CCC(NCc2cc(F)c(F)cc2F)CC1. The molecule has 0 spiro atoms. The second kappa shape index (κ2) is 6.39. The number of nitrogens with one attached hydrogen (secondary N) is 1. The molecule has 0 bridgehead atoms. The van der Waals surface area contributed by atoms with Crippen LogP contribution in [0.1, 0.15) is 31.2 Å². The Hall–Kier alpha value is -1.07. The number of benzene rings is 1. The van der Waals surface area contributed by atoms with Crippen molar-refractivity contribution in [1.29, 1.82) is 0 Å². The van der Waals surface area contributed by atoms with Gasteiger partial charge >= 0.3 is 0 Å². The number of aliphatic hydroxyl groups excluding tert-OH is 1. The van der Waals surface area contributed by atoms with Crippen LogP contribution in [0.15, 0.2) is 12.1 Å². The largest absolute Gasteiger partial charge is 0.396 e. The molecule has 1 aliphatic rings. The van der Waals surface area contributed by atoms with Crippen molar-refractivity contribution in [2.24, 2.45) is 5.92 Å². The average Bonchev–Trinajstić information content (AvgIpc) is 2.42. The van der Waals surface area contributed by atoms with Crippen LogP contribution >= 0.6 is 0 Å². The van der Waals surface area contributed by atoms with E-state index in [1.807, 2.05) is 0 Å². The van der Waals surface area contributed by atoms with Gasteiger partial charge in [0.05, 0.1) is 0 Å². The normalized spacial score (nSPS) is 23.6. The molecular weight excluding hydrogens is 255 g/mol. The summed E-state index contributed by atoms with van der Waals surface area (Å²) >= 11 is 0. The third-order valence-corrected chi connectivity index (χ3v) is 3.78. The molecule has 0 saturated heterocycles. The van der Waals surface area contributed by atoms with Crippen molar-refractivity contribution >= 4 is 0 Å². The number of halogens is 3. The summed E-state index contributed by atoms with van der Waals surface area (Å²) in [4.78, 5) is 0. The van der Waals surface area contributed by atoms with Crippen molar-refractivity contribution in [2.75, 3.05) is 6.61 Å². The van der Waals surface area contributed by atoms with Gasteiger partial charge in [-0.15, -0.1) is 0 Å². The predicted octanol–water partition coefficient (Wildman–Crippen LogP) is 2.74. The molecule has 0 atom stereocenters. The summed E-state index contributed by atoms with van der Waals surface area (Å²) in [5, 5.41) is 12.2. The van der Waals surface area contributed by atoms with Crippen LogP contribution in [0, 0.1) is 23.4 Å². The highest BCUT2D eigenvalue weighted by Gasteiger charge is 2.20. The van der Waals surface area contributed by atoms with Crippen molar-refractivity contribution in [3.8, 4) is 0 Å². The van der Waals surface area contributed by atoms with E-state index < -0.39 is 17.5 Å². The molecule has 0 unspecified atom stereocenters. The Bertz CT molecular complexity index is 431. The highest BCUT2D eigenvalue weighted by atomic mass is 19.2. The van der Waals surface area contributed by atoms with E-state index in [1.165, 1.54) is 0 Å². The van der Waals surface area contributed by atoms with E-state index in [-0.39, 0.29) is 24.8 Å². The van der Waals surface area contributed by atoms with Gasteiger partial charge in [-0.05, 0) is 37.7 Å². The second-order valence-corrected chi connectivity index (χ2v) is 5.14. The fraction of sp³-hybridized carbons (Fsp3) is 0.571. The molecule has 0 heterocycles. The van der Waals surface area contributed by atoms with E-state index in [9.17, 15) is 13.2 Å². The smallest absolute Gasteiger partial charge is 0.161 e. The first-order valence-corrected chi connectivity index (χ1v) is 6.57. The van der Waals surface area contributed by atoms with Gasteiger partial charge in [-0.1, -0.05) is 0 Å². The fourth-order valence-corrected chi connectivity index (χ4v) is 2.50. The molecule has 0 radical (unpaired) electrons. The molecule has 1 aromatic carbocycles. The maximum atomic E-state index is 13.4. The van der Waals surface area contributed by atoms with Crippen molar-refractivity contribution in [1.82, 2.24) is 5.32 Å². The molecule has 1 saturated carbocycles. The molecular formula is C14H18F3NO. The molecule has 2 rings (SSSR count). The summed E-state index contributed by atoms with van der Waals surface area (Å²) in [5.41, 5.74) is 0.142. The van der Waals surface area contributed by atoms with Gasteiger partial charge in [-0.25, -0.2) is 13.2 Å². The number of aliphatic hydroxyl groups is 1. The Kier molecular flexibility index (Phi) is 4.82. The molecule has 2 N–H and O–H groups in total. The van der Waals surface area contributed by atoms with Gasteiger partial charge in [-0.2, -0.15) is 0 Å². The van der Waals surface area contributed by atoms with Gasteiger partial charge in [-0.3, -0.25) is 0 Å². The van der Waals surface area contributed by atoms with Crippen LogP contribution in [-0.4, -0.2) is 17.8 Å². The van der Waals surface area contributed by atoms with Gasteiger partial charge in [0.25, 0.3) is 0 Å². The monoisotopic (exact) mass is 273 g/mol. The van der Waals surface area contributed by atoms with E-state index in [0.29, 0.717) is 12.0 Å². The maximum Gasteiger partial charge on any atom is 0.161 e. The summed E-state index contributed by atoms with van der Waals surface area (Å²) in [6, 6.07) is 1.72. The third kappa shape index (κ3) is 3.70. The van der Waals surface area contributed by atoms with Crippen LogP contribution in [0.4, 0.5) is 13.2 Å². The van der Waals surface area contributed by atoms with Gasteiger partial charge in [0.15, 0.2) is 11.6 Å².